The molecule has 0 aromatic heterocycles. The third kappa shape index (κ3) is 4.42. The molecule has 198 valence electrons. The van der Waals surface area contributed by atoms with E-state index in [9.17, 15) is 8.22 Å². The first-order valence-electron chi connectivity index (χ1n) is 25.7. The SMILES string of the molecule is [2H]c1c([2H])c(-c2c([2H])c([2H])c3c([2H])c([2H])c([2H])c([2H])c3c2[2H])c([2H])c([2H])c1Cc1c2c([2H])c([2H])c([2H])c([2H])c2c(Cc2c([2H])c([2H])c3c([2H])c([2H])c([2H])c([2H])c3c2[2H])c2c([2H])c([2H])c([2H])c([2H])c12. The highest BCUT2D eigenvalue weighted by Crippen LogP contribution is 2.36. The average molecular weight is 561 g/mol. The van der Waals surface area contributed by atoms with Crippen LogP contribution >= 0.6 is 0 Å². The third-order valence-electron chi connectivity index (χ3n) is 6.77. The van der Waals surface area contributed by atoms with E-state index in [0.29, 0.717) is 0 Å². The first-order valence-corrected chi connectivity index (χ1v) is 12.7. The van der Waals surface area contributed by atoms with Crippen molar-refractivity contribution in [3.05, 3.63) is 179 Å². The highest BCUT2D eigenvalue weighted by Gasteiger charge is 2.15. The van der Waals surface area contributed by atoms with Crippen molar-refractivity contribution in [2.24, 2.45) is 0 Å². The van der Waals surface area contributed by atoms with Crippen LogP contribution in [0.5, 0.6) is 0 Å². The maximum atomic E-state index is 9.22. The Morgan fingerprint density at radius 2 is 0.738 bits per heavy atom. The molecule has 0 N–H and O–H groups in total. The van der Waals surface area contributed by atoms with Crippen LogP contribution in [0.4, 0.5) is 0 Å². The van der Waals surface area contributed by atoms with Crippen LogP contribution in [0.1, 0.15) is 57.9 Å². The van der Waals surface area contributed by atoms with Crippen molar-refractivity contribution >= 4 is 43.1 Å². The smallest absolute Gasteiger partial charge is 0.0616 e. The van der Waals surface area contributed by atoms with Gasteiger partial charge < -0.3 is 0 Å². The summed E-state index contributed by atoms with van der Waals surface area (Å²) < 4.78 is 228. The van der Waals surface area contributed by atoms with Crippen molar-refractivity contribution in [3.63, 3.8) is 0 Å². The largest absolute Gasteiger partial charge is 0.0636 e. The standard InChI is InChI=1S/C42H30/c1-3-11-34-25-30(19-22-31(34)9-1)27-42-39-15-7-5-13-37(39)41(38-14-6-8-16-40(38)42)26-29-17-20-33(21-18-29)36-24-23-32-10-2-4-12-35(32)28-36/h1-25,28H,26-27H2/i1D,2D,3D,4D,5D,6D,7D,8D,9D,10D,11D,12D,13D,14D,15D,16D,17D,18D,19D,20D,21D,22D,23D,24D,25D,28D. The quantitative estimate of drug-likeness (QED) is 0.184. The van der Waals surface area contributed by atoms with Crippen LogP contribution in [0, 0.1) is 0 Å². The number of fused-ring (bicyclic) bond motifs is 4. The lowest BCUT2D eigenvalue weighted by Gasteiger charge is -2.18. The summed E-state index contributed by atoms with van der Waals surface area (Å²) in [5.74, 6) is 0. The van der Waals surface area contributed by atoms with Gasteiger partial charge in [0.15, 0.2) is 0 Å². The predicted octanol–water partition coefficient (Wildman–Crippen LogP) is 11.1. The van der Waals surface area contributed by atoms with Gasteiger partial charge in [0.2, 0.25) is 0 Å². The highest BCUT2D eigenvalue weighted by atomic mass is 14.2. The Labute approximate surface area is 283 Å². The number of benzene rings is 8. The van der Waals surface area contributed by atoms with Crippen LogP contribution < -0.4 is 0 Å². The summed E-state index contributed by atoms with van der Waals surface area (Å²) in [6.07, 6.45) is -1.60. The van der Waals surface area contributed by atoms with E-state index in [1.54, 1.807) is 0 Å². The van der Waals surface area contributed by atoms with Crippen LogP contribution in [-0.4, -0.2) is 0 Å². The molecule has 8 rings (SSSR count). The summed E-state index contributed by atoms with van der Waals surface area (Å²) >= 11 is 0. The monoisotopic (exact) mass is 560 g/mol. The maximum absolute atomic E-state index is 9.22. The Hall–Kier alpha value is -5.20. The molecular weight excluding hydrogens is 504 g/mol. The van der Waals surface area contributed by atoms with E-state index >= 15 is 0 Å². The van der Waals surface area contributed by atoms with Gasteiger partial charge in [-0.05, 0) is 95.4 Å². The van der Waals surface area contributed by atoms with E-state index in [1.807, 2.05) is 0 Å². The molecule has 0 unspecified atom stereocenters. The lowest BCUT2D eigenvalue weighted by Crippen LogP contribution is -1.98. The van der Waals surface area contributed by atoms with Crippen LogP contribution in [0.2, 0.25) is 0 Å². The fraction of sp³-hybridized carbons (Fsp3) is 0.0476. The molecule has 0 saturated heterocycles. The normalized spacial score (nSPS) is 20.2. The lowest BCUT2D eigenvalue weighted by atomic mass is 9.86. The van der Waals surface area contributed by atoms with Gasteiger partial charge in [-0.15, -0.1) is 0 Å². The molecule has 42 heavy (non-hydrogen) atoms. The molecule has 0 saturated carbocycles. The second-order valence-corrected chi connectivity index (χ2v) is 9.27. The minimum absolute atomic E-state index is 0.305. The van der Waals surface area contributed by atoms with Gasteiger partial charge in [-0.1, -0.05) is 151 Å². The molecule has 8 aromatic carbocycles. The molecule has 8 aromatic rings. The van der Waals surface area contributed by atoms with Crippen LogP contribution in [0.3, 0.4) is 0 Å². The molecule has 0 aliphatic carbocycles. The Morgan fingerprint density at radius 3 is 1.31 bits per heavy atom. The van der Waals surface area contributed by atoms with Crippen molar-refractivity contribution in [1.29, 1.82) is 0 Å². The number of hydrogen-bond acceptors (Lipinski definition) is 0. The molecule has 0 atom stereocenters. The van der Waals surface area contributed by atoms with E-state index in [0.717, 1.165) is 0 Å². The summed E-state index contributed by atoms with van der Waals surface area (Å²) in [5.41, 5.74) is -2.91. The molecule has 0 radical (unpaired) electrons. The van der Waals surface area contributed by atoms with Crippen molar-refractivity contribution in [2.75, 3.05) is 0 Å². The van der Waals surface area contributed by atoms with Gasteiger partial charge in [-0.25, -0.2) is 0 Å². The number of hydrogen-bond donors (Lipinski definition) is 0. The van der Waals surface area contributed by atoms with Crippen molar-refractivity contribution in [3.8, 4) is 11.1 Å². The van der Waals surface area contributed by atoms with E-state index in [4.69, 9.17) is 27.4 Å². The molecular formula is C42H30. The summed E-state index contributed by atoms with van der Waals surface area (Å²) in [6.45, 7) is 0. The second-order valence-electron chi connectivity index (χ2n) is 9.27. The van der Waals surface area contributed by atoms with Crippen molar-refractivity contribution in [2.45, 2.75) is 12.8 Å². The molecule has 0 amide bonds. The fourth-order valence-electron chi connectivity index (χ4n) is 4.85. The van der Waals surface area contributed by atoms with E-state index in [1.165, 1.54) is 0 Å². The van der Waals surface area contributed by atoms with Crippen molar-refractivity contribution in [1.82, 2.24) is 0 Å². The van der Waals surface area contributed by atoms with Crippen LogP contribution in [0.15, 0.2) is 157 Å². The summed E-state index contributed by atoms with van der Waals surface area (Å²) in [7, 11) is 0. The molecule has 0 aliphatic heterocycles. The average Bonchev–Trinajstić information content (AvgIpc) is 3.30. The Morgan fingerprint density at radius 1 is 0.333 bits per heavy atom. The molecule has 0 spiro atoms. The molecule has 0 aliphatic rings. The van der Waals surface area contributed by atoms with Gasteiger partial charge in [0.25, 0.3) is 0 Å². The van der Waals surface area contributed by atoms with Crippen LogP contribution in [0.25, 0.3) is 54.2 Å². The van der Waals surface area contributed by atoms with Gasteiger partial charge in [-0.2, -0.15) is 0 Å². The first kappa shape index (κ1) is 9.68. The second kappa shape index (κ2) is 10.3. The van der Waals surface area contributed by atoms with Gasteiger partial charge >= 0.3 is 0 Å². The minimum atomic E-state index is -0.900. The Bertz CT molecular complexity index is 3580. The zero-order chi connectivity index (χ0) is 50.5. The Kier molecular flexibility index (Phi) is 2.38. The summed E-state index contributed by atoms with van der Waals surface area (Å²) in [4.78, 5) is 0. The summed E-state index contributed by atoms with van der Waals surface area (Å²) in [6, 6.07) is -20.4. The minimum Gasteiger partial charge on any atom is -0.0616 e. The molecule has 0 nitrogen and oxygen atoms in total. The summed E-state index contributed by atoms with van der Waals surface area (Å²) in [5, 5.41) is -3.59. The van der Waals surface area contributed by atoms with Gasteiger partial charge in [-0.3, -0.25) is 0 Å². The molecule has 0 fully saturated rings. The van der Waals surface area contributed by atoms with E-state index < -0.39 is 235 Å². The number of rotatable bonds is 5. The topological polar surface area (TPSA) is 0 Å². The molecule has 0 heteroatoms. The van der Waals surface area contributed by atoms with Gasteiger partial charge in [0.05, 0.1) is 35.6 Å². The molecule has 0 bridgehead atoms. The highest BCUT2D eigenvalue weighted by molar-refractivity contribution is 6.06. The van der Waals surface area contributed by atoms with Gasteiger partial charge in [0, 0.05) is 0 Å². The van der Waals surface area contributed by atoms with Gasteiger partial charge in [0.1, 0.15) is 0 Å². The fourth-order valence-corrected chi connectivity index (χ4v) is 4.85. The predicted molar refractivity (Wildman–Crippen MR) is 180 cm³/mol. The third-order valence-corrected chi connectivity index (χ3v) is 6.77. The Balaban J connectivity index is 1.49. The zero-order valence-electron chi connectivity index (χ0n) is 47.4. The van der Waals surface area contributed by atoms with Crippen molar-refractivity contribution < 1.29 is 35.6 Å². The zero-order valence-corrected chi connectivity index (χ0v) is 21.4. The van der Waals surface area contributed by atoms with Crippen LogP contribution in [-0.2, 0) is 12.8 Å². The lowest BCUT2D eigenvalue weighted by molar-refractivity contribution is 1.21. The first-order chi connectivity index (χ1) is 31.6. The van der Waals surface area contributed by atoms with E-state index in [-0.39, 0.29) is 11.1 Å². The van der Waals surface area contributed by atoms with E-state index in [2.05, 4.69) is 0 Å². The molecule has 0 heterocycles. The maximum Gasteiger partial charge on any atom is 0.0636 e.